The fraction of sp³-hybridized carbons (Fsp3) is 0.400. The minimum absolute atomic E-state index is 0.191. The molecule has 2 heterocycles. The third-order valence-corrected chi connectivity index (χ3v) is 7.04. The third-order valence-electron chi connectivity index (χ3n) is 5.01. The number of allylic oxidation sites excluding steroid dienone is 2. The molecule has 0 aliphatic carbocycles. The summed E-state index contributed by atoms with van der Waals surface area (Å²) in [6.07, 6.45) is 6.49. The number of ketones is 1. The van der Waals surface area contributed by atoms with Gasteiger partial charge < -0.3 is 14.3 Å². The van der Waals surface area contributed by atoms with Gasteiger partial charge in [0.2, 0.25) is 0 Å². The van der Waals surface area contributed by atoms with E-state index in [-0.39, 0.29) is 17.2 Å². The van der Waals surface area contributed by atoms with E-state index < -0.39 is 23.3 Å². The van der Waals surface area contributed by atoms with Crippen LogP contribution < -0.4 is 10.9 Å². The minimum Gasteiger partial charge on any atom is -0.507 e. The molecule has 0 radical (unpaired) electrons. The Morgan fingerprint density at radius 2 is 2.00 bits per heavy atom. The van der Waals surface area contributed by atoms with E-state index in [2.05, 4.69) is 39.8 Å². The number of aromatic hydroxyl groups is 1. The van der Waals surface area contributed by atoms with Crippen molar-refractivity contribution in [2.45, 2.75) is 52.9 Å². The molecule has 1 amide bonds. The molecular weight excluding hydrogens is 522 g/mol. The quantitative estimate of drug-likeness (QED) is 0.261. The van der Waals surface area contributed by atoms with Crippen molar-refractivity contribution in [3.05, 3.63) is 66.0 Å². The summed E-state index contributed by atoms with van der Waals surface area (Å²) >= 11 is 5.11. The number of amides is 1. The van der Waals surface area contributed by atoms with Gasteiger partial charge in [-0.2, -0.15) is 0 Å². The lowest BCUT2D eigenvalue weighted by Crippen LogP contribution is -2.16. The van der Waals surface area contributed by atoms with Gasteiger partial charge in [0.05, 0.1) is 7.11 Å². The smallest absolute Gasteiger partial charge is 0.410 e. The molecule has 0 aliphatic heterocycles. The van der Waals surface area contributed by atoms with Crippen molar-refractivity contribution < 1.29 is 23.8 Å². The molecule has 7 nitrogen and oxygen atoms in total. The zero-order valence-electron chi connectivity index (χ0n) is 19.9. The maximum atomic E-state index is 12.9. The normalized spacial score (nSPS) is 12.9. The lowest BCUT2D eigenvalue weighted by Gasteiger charge is -2.11. The molecule has 34 heavy (non-hydrogen) atoms. The highest BCUT2D eigenvalue weighted by Crippen LogP contribution is 2.32. The van der Waals surface area contributed by atoms with Crippen LogP contribution >= 0.6 is 27.3 Å². The van der Waals surface area contributed by atoms with Gasteiger partial charge >= 0.3 is 11.7 Å². The summed E-state index contributed by atoms with van der Waals surface area (Å²) in [7, 11) is 1.27. The van der Waals surface area contributed by atoms with Crippen LogP contribution in [0.5, 0.6) is 5.75 Å². The van der Waals surface area contributed by atoms with Gasteiger partial charge in [0.1, 0.15) is 17.1 Å². The first-order valence-electron chi connectivity index (χ1n) is 10.9. The first kappa shape index (κ1) is 27.6. The van der Waals surface area contributed by atoms with Crippen molar-refractivity contribution in [3.8, 4) is 5.75 Å². The van der Waals surface area contributed by atoms with E-state index in [4.69, 9.17) is 4.42 Å². The van der Waals surface area contributed by atoms with E-state index >= 15 is 0 Å². The fourth-order valence-electron chi connectivity index (χ4n) is 3.20. The number of halogens is 1. The number of thiophene rings is 1. The Morgan fingerprint density at radius 1 is 1.29 bits per heavy atom. The predicted molar refractivity (Wildman–Crippen MR) is 138 cm³/mol. The number of hydrogen-bond acceptors (Lipinski definition) is 7. The van der Waals surface area contributed by atoms with E-state index in [0.717, 1.165) is 15.8 Å². The molecule has 0 saturated heterocycles. The molecule has 0 bridgehead atoms. The summed E-state index contributed by atoms with van der Waals surface area (Å²) in [6.45, 7) is 7.74. The van der Waals surface area contributed by atoms with E-state index in [1.165, 1.54) is 24.3 Å². The van der Waals surface area contributed by atoms with Gasteiger partial charge in [0.25, 0.3) is 0 Å². The van der Waals surface area contributed by atoms with Gasteiger partial charge in [-0.1, -0.05) is 26.8 Å². The summed E-state index contributed by atoms with van der Waals surface area (Å²) < 4.78 is 10.7. The number of nitrogens with one attached hydrogen (secondary N) is 1. The number of rotatable bonds is 10. The monoisotopic (exact) mass is 551 g/mol. The van der Waals surface area contributed by atoms with Crippen LogP contribution in [-0.4, -0.2) is 24.1 Å². The molecule has 2 aromatic rings. The number of carbonyl (C=O) groups excluding carboxylic acids is 2. The Morgan fingerprint density at radius 3 is 2.62 bits per heavy atom. The number of Topliss-reactive ketones (excluding diaryl/α,β-unsaturated/α-hetero) is 1. The van der Waals surface area contributed by atoms with Crippen molar-refractivity contribution in [1.29, 1.82) is 0 Å². The van der Waals surface area contributed by atoms with Gasteiger partial charge in [-0.25, -0.2) is 9.59 Å². The first-order chi connectivity index (χ1) is 16.0. The molecular formula is C25H30BrNO6S. The maximum Gasteiger partial charge on any atom is 0.410 e. The molecule has 0 fully saturated rings. The highest BCUT2D eigenvalue weighted by Gasteiger charge is 2.22. The number of ether oxygens (including phenoxy) is 1. The Kier molecular flexibility index (Phi) is 10.3. The molecule has 0 spiro atoms. The largest absolute Gasteiger partial charge is 0.507 e. The van der Waals surface area contributed by atoms with Crippen LogP contribution in [0.15, 0.2) is 43.7 Å². The van der Waals surface area contributed by atoms with Crippen LogP contribution in [0.1, 0.15) is 72.3 Å². The molecule has 2 N–H and O–H groups in total. The van der Waals surface area contributed by atoms with Crippen LogP contribution in [0.2, 0.25) is 0 Å². The van der Waals surface area contributed by atoms with Crippen LogP contribution in [-0.2, 0) is 11.2 Å². The standard InChI is InChI=1S/C25H30BrNO6S/c1-14(2)10-17-12-18(26)21(34-17)11-16(4)23(29)22-19(28)13-20(33-24(22)30)15(3)8-6-7-9-27-25(31)32-5/h7,9,11-15,28H,6,8,10H2,1-5H3,(H,27,31)/b9-7+,16-11?. The van der Waals surface area contributed by atoms with Crippen molar-refractivity contribution >= 4 is 45.2 Å². The summed E-state index contributed by atoms with van der Waals surface area (Å²) in [6, 6.07) is 3.36. The lowest BCUT2D eigenvalue weighted by molar-refractivity contribution is 0.102. The van der Waals surface area contributed by atoms with Crippen molar-refractivity contribution in [3.63, 3.8) is 0 Å². The number of alkyl carbamates (subject to hydrolysis) is 1. The van der Waals surface area contributed by atoms with Crippen LogP contribution in [0.3, 0.4) is 0 Å². The van der Waals surface area contributed by atoms with Crippen LogP contribution in [0, 0.1) is 5.92 Å². The van der Waals surface area contributed by atoms with Gasteiger partial charge in [-0.15, -0.1) is 11.3 Å². The second kappa shape index (κ2) is 12.7. The number of carbonyl (C=O) groups is 2. The minimum atomic E-state index is -0.867. The Balaban J connectivity index is 2.15. The summed E-state index contributed by atoms with van der Waals surface area (Å²) in [4.78, 5) is 38.6. The second-order valence-electron chi connectivity index (χ2n) is 8.39. The van der Waals surface area contributed by atoms with Crippen molar-refractivity contribution in [1.82, 2.24) is 5.32 Å². The van der Waals surface area contributed by atoms with E-state index in [1.807, 2.05) is 13.0 Å². The highest BCUT2D eigenvalue weighted by molar-refractivity contribution is 9.10. The SMILES string of the molecule is COC(=O)N/C=C/CCC(C)c1cc(O)c(C(=O)C(C)=Cc2sc(CC(C)C)cc2Br)c(=O)o1. The molecule has 1 unspecified atom stereocenters. The van der Waals surface area contributed by atoms with E-state index in [9.17, 15) is 19.5 Å². The molecule has 1 atom stereocenters. The van der Waals surface area contributed by atoms with E-state index in [0.29, 0.717) is 24.3 Å². The molecule has 9 heteroatoms. The van der Waals surface area contributed by atoms with Crippen LogP contribution in [0.4, 0.5) is 4.79 Å². The van der Waals surface area contributed by atoms with Crippen LogP contribution in [0.25, 0.3) is 6.08 Å². The molecule has 0 aromatic carbocycles. The van der Waals surface area contributed by atoms with Gasteiger partial charge in [0, 0.05) is 32.4 Å². The van der Waals surface area contributed by atoms with Gasteiger partial charge in [0.15, 0.2) is 5.78 Å². The summed E-state index contributed by atoms with van der Waals surface area (Å²) in [5.74, 6) is -0.365. The van der Waals surface area contributed by atoms with Crippen molar-refractivity contribution in [2.75, 3.05) is 7.11 Å². The Hall–Kier alpha value is -2.65. The predicted octanol–water partition coefficient (Wildman–Crippen LogP) is 6.41. The first-order valence-corrected chi connectivity index (χ1v) is 12.5. The topological polar surface area (TPSA) is 106 Å². The molecule has 184 valence electrons. The molecule has 2 rings (SSSR count). The van der Waals surface area contributed by atoms with Crippen molar-refractivity contribution in [2.24, 2.45) is 5.92 Å². The highest BCUT2D eigenvalue weighted by atomic mass is 79.9. The number of methoxy groups -OCH3 is 1. The average Bonchev–Trinajstić information content (AvgIpc) is 3.09. The lowest BCUT2D eigenvalue weighted by atomic mass is 10.00. The average molecular weight is 552 g/mol. The molecule has 0 saturated carbocycles. The number of hydrogen-bond donors (Lipinski definition) is 2. The second-order valence-corrected chi connectivity index (χ2v) is 10.4. The Labute approximate surface area is 211 Å². The summed E-state index contributed by atoms with van der Waals surface area (Å²) in [5, 5.41) is 12.9. The summed E-state index contributed by atoms with van der Waals surface area (Å²) in [5.41, 5.74) is -0.916. The fourth-order valence-corrected chi connectivity index (χ4v) is 5.25. The molecule has 2 aromatic heterocycles. The van der Waals surface area contributed by atoms with Gasteiger partial charge in [-0.3, -0.25) is 10.1 Å². The zero-order chi connectivity index (χ0) is 25.4. The third kappa shape index (κ3) is 7.70. The van der Waals surface area contributed by atoms with E-state index in [1.54, 1.807) is 30.4 Å². The van der Waals surface area contributed by atoms with Gasteiger partial charge in [-0.05, 0) is 65.7 Å². The molecule has 0 aliphatic rings. The maximum absolute atomic E-state index is 12.9. The Bertz CT molecular complexity index is 1140. The zero-order valence-corrected chi connectivity index (χ0v) is 22.3.